The zero-order chi connectivity index (χ0) is 24.9. The molecule has 0 saturated heterocycles. The summed E-state index contributed by atoms with van der Waals surface area (Å²) in [5, 5.41) is 0. The van der Waals surface area contributed by atoms with Crippen molar-refractivity contribution in [2.24, 2.45) is 0 Å². The van der Waals surface area contributed by atoms with Crippen LogP contribution in [-0.4, -0.2) is 90.2 Å². The van der Waals surface area contributed by atoms with E-state index in [1.54, 1.807) is 38.2 Å². The Morgan fingerprint density at radius 1 is 0.970 bits per heavy atom. The number of methoxy groups -OCH3 is 4. The van der Waals surface area contributed by atoms with Crippen LogP contribution in [0.4, 0.5) is 0 Å². The predicted molar refractivity (Wildman–Crippen MR) is 117 cm³/mol. The number of carbonyl (C=O) groups is 3. The monoisotopic (exact) mass is 465 g/mol. The summed E-state index contributed by atoms with van der Waals surface area (Å²) in [6.45, 7) is 0.0439. The van der Waals surface area contributed by atoms with Crippen LogP contribution in [0.3, 0.4) is 0 Å². The van der Waals surface area contributed by atoms with Gasteiger partial charge in [0.2, 0.25) is 0 Å². The first-order valence-electron chi connectivity index (χ1n) is 9.99. The quantitative estimate of drug-likeness (QED) is 0.145. The van der Waals surface area contributed by atoms with Crippen molar-refractivity contribution in [2.75, 3.05) is 55.7 Å². The van der Waals surface area contributed by atoms with E-state index in [0.29, 0.717) is 5.75 Å². The second-order valence-corrected chi connectivity index (χ2v) is 7.15. The maximum absolute atomic E-state index is 12.7. The molecule has 1 atom stereocenters. The minimum Gasteiger partial charge on any atom is -0.497 e. The molecule has 0 unspecified atom stereocenters. The standard InChI is InChI=1S/C23H31NO9/c1-24(2)16-23(21(26)30-5,22(27)31-6)33-19(8-7-9-20(25)29-4)15-32-14-17-10-12-18(28-3)13-11-17/h10-13,19H,8,14-16H2,1-6H3/t19-/m1/s1. The molecule has 1 aromatic carbocycles. The Balaban J connectivity index is 3.10. The predicted octanol–water partition coefficient (Wildman–Crippen LogP) is 0.810. The summed E-state index contributed by atoms with van der Waals surface area (Å²) < 4.78 is 31.0. The number of nitrogens with zero attached hydrogens (tertiary/aromatic N) is 1. The fourth-order valence-electron chi connectivity index (χ4n) is 2.86. The van der Waals surface area contributed by atoms with E-state index in [2.05, 4.69) is 16.6 Å². The van der Waals surface area contributed by atoms with Crippen LogP contribution in [0.1, 0.15) is 12.0 Å². The summed E-state index contributed by atoms with van der Waals surface area (Å²) in [5.41, 5.74) is -1.20. The van der Waals surface area contributed by atoms with Crippen molar-refractivity contribution in [1.82, 2.24) is 4.90 Å². The van der Waals surface area contributed by atoms with Gasteiger partial charge < -0.3 is 33.3 Å². The number of carbonyl (C=O) groups excluding carboxylic acids is 3. The van der Waals surface area contributed by atoms with Crippen LogP contribution in [0.2, 0.25) is 0 Å². The smallest absolute Gasteiger partial charge is 0.384 e. The van der Waals surface area contributed by atoms with Gasteiger partial charge in [-0.3, -0.25) is 0 Å². The fraction of sp³-hybridized carbons (Fsp3) is 0.522. The second-order valence-electron chi connectivity index (χ2n) is 7.15. The van der Waals surface area contributed by atoms with Crippen LogP contribution in [0.5, 0.6) is 5.75 Å². The highest BCUT2D eigenvalue weighted by atomic mass is 16.6. The molecule has 0 aliphatic heterocycles. The molecule has 0 aromatic heterocycles. The van der Waals surface area contributed by atoms with E-state index in [0.717, 1.165) is 19.8 Å². The average molecular weight is 465 g/mol. The lowest BCUT2D eigenvalue weighted by atomic mass is 10.0. The molecule has 1 aromatic rings. The lowest BCUT2D eigenvalue weighted by molar-refractivity contribution is -0.200. The zero-order valence-electron chi connectivity index (χ0n) is 19.8. The van der Waals surface area contributed by atoms with Gasteiger partial charge in [-0.25, -0.2) is 14.4 Å². The van der Waals surface area contributed by atoms with Crippen molar-refractivity contribution in [1.29, 1.82) is 0 Å². The van der Waals surface area contributed by atoms with Crippen molar-refractivity contribution in [2.45, 2.75) is 24.7 Å². The summed E-state index contributed by atoms with van der Waals surface area (Å²) in [6.07, 6.45) is -0.903. The van der Waals surface area contributed by atoms with Crippen LogP contribution in [-0.2, 0) is 44.7 Å². The number of ether oxygens (including phenoxy) is 6. The van der Waals surface area contributed by atoms with E-state index < -0.39 is 29.6 Å². The molecule has 0 amide bonds. The van der Waals surface area contributed by atoms with Gasteiger partial charge in [0.1, 0.15) is 5.75 Å². The molecule has 0 heterocycles. The van der Waals surface area contributed by atoms with Gasteiger partial charge >= 0.3 is 17.9 Å². The zero-order valence-corrected chi connectivity index (χ0v) is 19.8. The van der Waals surface area contributed by atoms with E-state index >= 15 is 0 Å². The lowest BCUT2D eigenvalue weighted by Gasteiger charge is -2.33. The molecule has 0 bridgehead atoms. The van der Waals surface area contributed by atoms with Crippen molar-refractivity contribution in [3.63, 3.8) is 0 Å². The highest BCUT2D eigenvalue weighted by Crippen LogP contribution is 2.22. The van der Waals surface area contributed by atoms with E-state index in [9.17, 15) is 14.4 Å². The van der Waals surface area contributed by atoms with Crippen LogP contribution < -0.4 is 4.74 Å². The topological polar surface area (TPSA) is 110 Å². The Hall–Kier alpha value is -3.13. The minimum absolute atomic E-state index is 0.0269. The van der Waals surface area contributed by atoms with Crippen molar-refractivity contribution < 1.29 is 42.8 Å². The second kappa shape index (κ2) is 14.1. The van der Waals surface area contributed by atoms with Gasteiger partial charge in [-0.1, -0.05) is 18.1 Å². The first kappa shape index (κ1) is 27.9. The average Bonchev–Trinajstić information content (AvgIpc) is 2.82. The maximum Gasteiger partial charge on any atom is 0.384 e. The molecular formula is C23H31NO9. The molecular weight excluding hydrogens is 434 g/mol. The molecule has 10 heteroatoms. The van der Waals surface area contributed by atoms with Crippen molar-refractivity contribution >= 4 is 17.9 Å². The van der Waals surface area contributed by atoms with Crippen molar-refractivity contribution in [3.8, 4) is 17.6 Å². The Kier molecular flexibility index (Phi) is 11.9. The highest BCUT2D eigenvalue weighted by molar-refractivity contribution is 6.04. The number of hydrogen-bond acceptors (Lipinski definition) is 10. The summed E-state index contributed by atoms with van der Waals surface area (Å²) in [6, 6.07) is 7.27. The third-order valence-electron chi connectivity index (χ3n) is 4.37. The molecule has 0 radical (unpaired) electrons. The molecule has 1 rings (SSSR count). The van der Waals surface area contributed by atoms with Crippen LogP contribution in [0.25, 0.3) is 0 Å². The Bertz CT molecular complexity index is 824. The third-order valence-corrected chi connectivity index (χ3v) is 4.37. The lowest BCUT2D eigenvalue weighted by Crippen LogP contribution is -2.58. The number of benzene rings is 1. The molecule has 10 nitrogen and oxygen atoms in total. The van der Waals surface area contributed by atoms with Gasteiger partial charge in [0, 0.05) is 18.9 Å². The van der Waals surface area contributed by atoms with Crippen molar-refractivity contribution in [3.05, 3.63) is 29.8 Å². The molecule has 0 aliphatic rings. The first-order chi connectivity index (χ1) is 15.7. The summed E-state index contributed by atoms with van der Waals surface area (Å²) in [4.78, 5) is 38.2. The summed E-state index contributed by atoms with van der Waals surface area (Å²) in [7, 11) is 8.40. The van der Waals surface area contributed by atoms with E-state index in [1.807, 2.05) is 12.1 Å². The first-order valence-corrected chi connectivity index (χ1v) is 9.99. The number of hydrogen-bond donors (Lipinski definition) is 0. The van der Waals surface area contributed by atoms with Crippen LogP contribution >= 0.6 is 0 Å². The Morgan fingerprint density at radius 3 is 2.06 bits per heavy atom. The summed E-state index contributed by atoms with van der Waals surface area (Å²) >= 11 is 0. The molecule has 0 aliphatic carbocycles. The Morgan fingerprint density at radius 2 is 1.58 bits per heavy atom. The number of rotatable bonds is 12. The normalized spacial score (nSPS) is 11.7. The number of esters is 3. The molecule has 33 heavy (non-hydrogen) atoms. The molecule has 0 fully saturated rings. The van der Waals surface area contributed by atoms with Gasteiger partial charge in [0.15, 0.2) is 0 Å². The molecule has 0 spiro atoms. The van der Waals surface area contributed by atoms with Gasteiger partial charge in [0.25, 0.3) is 5.60 Å². The Labute approximate surface area is 194 Å². The molecule has 182 valence electrons. The highest BCUT2D eigenvalue weighted by Gasteiger charge is 2.52. The fourth-order valence-corrected chi connectivity index (χ4v) is 2.86. The van der Waals surface area contributed by atoms with Gasteiger partial charge in [-0.2, -0.15) is 0 Å². The van der Waals surface area contributed by atoms with E-state index in [-0.39, 0.29) is 26.2 Å². The van der Waals surface area contributed by atoms with Gasteiger partial charge in [-0.05, 0) is 31.8 Å². The van der Waals surface area contributed by atoms with Crippen LogP contribution in [0.15, 0.2) is 24.3 Å². The molecule has 0 N–H and O–H groups in total. The van der Waals surface area contributed by atoms with E-state index in [4.69, 9.17) is 23.7 Å². The van der Waals surface area contributed by atoms with Gasteiger partial charge in [-0.15, -0.1) is 0 Å². The van der Waals surface area contributed by atoms with E-state index in [1.165, 1.54) is 7.11 Å². The minimum atomic E-state index is -2.08. The van der Waals surface area contributed by atoms with Gasteiger partial charge in [0.05, 0.1) is 47.8 Å². The maximum atomic E-state index is 12.7. The SMILES string of the molecule is COC(=O)C#CC[C@H](COCc1ccc(OC)cc1)OC(CN(C)C)(C(=O)OC)C(=O)OC. The van der Waals surface area contributed by atoms with Crippen LogP contribution in [0, 0.1) is 11.8 Å². The molecule has 0 saturated carbocycles. The largest absolute Gasteiger partial charge is 0.497 e. The number of likely N-dealkylation sites (N-methyl/N-ethyl adjacent to an activating group) is 1. The third kappa shape index (κ3) is 8.73. The summed E-state index contributed by atoms with van der Waals surface area (Å²) in [5.74, 6) is 3.05.